The molecule has 0 fully saturated rings. The van der Waals surface area contributed by atoms with Gasteiger partial charge in [-0.1, -0.05) is 6.07 Å². The van der Waals surface area contributed by atoms with Crippen LogP contribution in [0.5, 0.6) is 11.5 Å². The van der Waals surface area contributed by atoms with Crippen molar-refractivity contribution in [1.29, 1.82) is 0 Å². The maximum absolute atomic E-state index is 12.0. The minimum Gasteiger partial charge on any atom is -0.493 e. The number of methoxy groups -OCH3 is 2. The molecule has 0 aliphatic heterocycles. The van der Waals surface area contributed by atoms with Crippen molar-refractivity contribution in [1.82, 2.24) is 25.4 Å². The van der Waals surface area contributed by atoms with Crippen LogP contribution in [0, 0.1) is 0 Å². The highest BCUT2D eigenvalue weighted by molar-refractivity contribution is 5.74. The van der Waals surface area contributed by atoms with Gasteiger partial charge in [0, 0.05) is 13.6 Å². The number of carbonyl (C=O) groups excluding carboxylic acids is 1. The molecule has 2 amide bonds. The predicted octanol–water partition coefficient (Wildman–Crippen LogP) is 1.39. The van der Waals surface area contributed by atoms with Gasteiger partial charge in [0.1, 0.15) is 6.33 Å². The third-order valence-electron chi connectivity index (χ3n) is 3.38. The van der Waals surface area contributed by atoms with Crippen LogP contribution < -0.4 is 20.1 Å². The molecular weight excluding hydrogens is 298 g/mol. The van der Waals surface area contributed by atoms with E-state index in [1.807, 2.05) is 26.1 Å². The number of benzene rings is 1. The lowest BCUT2D eigenvalue weighted by Crippen LogP contribution is -2.37. The van der Waals surface area contributed by atoms with Gasteiger partial charge in [-0.15, -0.1) is 10.2 Å². The Morgan fingerprint density at radius 3 is 2.65 bits per heavy atom. The fourth-order valence-corrected chi connectivity index (χ4v) is 2.17. The summed E-state index contributed by atoms with van der Waals surface area (Å²) in [6.45, 7) is 2.22. The van der Waals surface area contributed by atoms with Crippen molar-refractivity contribution in [3.8, 4) is 11.5 Å². The topological polar surface area (TPSA) is 90.3 Å². The van der Waals surface area contributed by atoms with Crippen LogP contribution in [0.3, 0.4) is 0 Å². The first-order valence-corrected chi connectivity index (χ1v) is 7.14. The molecule has 1 aromatic carbocycles. The summed E-state index contributed by atoms with van der Waals surface area (Å²) in [5.41, 5.74) is 0.907. The highest BCUT2D eigenvalue weighted by Gasteiger charge is 2.14. The van der Waals surface area contributed by atoms with Crippen molar-refractivity contribution in [3.05, 3.63) is 35.9 Å². The maximum atomic E-state index is 12.0. The molecule has 0 aliphatic rings. The summed E-state index contributed by atoms with van der Waals surface area (Å²) in [4.78, 5) is 12.0. The smallest absolute Gasteiger partial charge is 0.315 e. The van der Waals surface area contributed by atoms with Gasteiger partial charge in [-0.25, -0.2) is 4.79 Å². The molecule has 0 bridgehead atoms. The minimum absolute atomic E-state index is 0.243. The van der Waals surface area contributed by atoms with Crippen LogP contribution in [-0.2, 0) is 13.6 Å². The number of carbonyl (C=O) groups is 1. The molecular formula is C15H21N5O3. The van der Waals surface area contributed by atoms with E-state index in [9.17, 15) is 4.79 Å². The third kappa shape index (κ3) is 4.12. The van der Waals surface area contributed by atoms with E-state index in [1.54, 1.807) is 31.2 Å². The van der Waals surface area contributed by atoms with Gasteiger partial charge in [0.05, 0.1) is 20.3 Å². The Balaban J connectivity index is 1.90. The van der Waals surface area contributed by atoms with Crippen molar-refractivity contribution >= 4 is 6.03 Å². The largest absolute Gasteiger partial charge is 0.493 e. The fraction of sp³-hybridized carbons (Fsp3) is 0.400. The normalized spacial score (nSPS) is 11.7. The van der Waals surface area contributed by atoms with Crippen molar-refractivity contribution in [2.45, 2.75) is 19.5 Å². The Hall–Kier alpha value is -2.77. The number of aromatic nitrogens is 3. The van der Waals surface area contributed by atoms with E-state index in [0.717, 1.165) is 5.56 Å². The second-order valence-corrected chi connectivity index (χ2v) is 5.04. The number of nitrogens with one attached hydrogen (secondary N) is 2. The summed E-state index contributed by atoms with van der Waals surface area (Å²) < 4.78 is 12.2. The number of hydrogen-bond donors (Lipinski definition) is 2. The first-order chi connectivity index (χ1) is 11.0. The third-order valence-corrected chi connectivity index (χ3v) is 3.38. The molecule has 1 atom stereocenters. The van der Waals surface area contributed by atoms with Gasteiger partial charge in [-0.2, -0.15) is 0 Å². The van der Waals surface area contributed by atoms with E-state index < -0.39 is 0 Å². The van der Waals surface area contributed by atoms with Crippen LogP contribution in [-0.4, -0.2) is 35.0 Å². The molecule has 0 aliphatic carbocycles. The first kappa shape index (κ1) is 16.6. The summed E-state index contributed by atoms with van der Waals surface area (Å²) in [5.74, 6) is 1.96. The van der Waals surface area contributed by atoms with Gasteiger partial charge >= 0.3 is 6.03 Å². The lowest BCUT2D eigenvalue weighted by atomic mass is 10.2. The average molecular weight is 319 g/mol. The van der Waals surface area contributed by atoms with Crippen LogP contribution in [0.4, 0.5) is 4.79 Å². The van der Waals surface area contributed by atoms with E-state index in [4.69, 9.17) is 9.47 Å². The maximum Gasteiger partial charge on any atom is 0.315 e. The summed E-state index contributed by atoms with van der Waals surface area (Å²) in [6.07, 6.45) is 1.59. The van der Waals surface area contributed by atoms with Gasteiger partial charge in [0.25, 0.3) is 0 Å². The second-order valence-electron chi connectivity index (χ2n) is 5.04. The van der Waals surface area contributed by atoms with Crippen molar-refractivity contribution in [2.75, 3.05) is 14.2 Å². The monoisotopic (exact) mass is 319 g/mol. The number of aryl methyl sites for hydroxylation is 1. The van der Waals surface area contributed by atoms with E-state index in [1.165, 1.54) is 0 Å². The molecule has 8 nitrogen and oxygen atoms in total. The Labute approximate surface area is 134 Å². The van der Waals surface area contributed by atoms with Crippen molar-refractivity contribution in [2.24, 2.45) is 7.05 Å². The molecule has 0 unspecified atom stereocenters. The predicted molar refractivity (Wildman–Crippen MR) is 84.3 cm³/mol. The van der Waals surface area contributed by atoms with Gasteiger partial charge in [0.15, 0.2) is 17.3 Å². The zero-order valence-corrected chi connectivity index (χ0v) is 13.7. The van der Waals surface area contributed by atoms with Crippen LogP contribution in [0.2, 0.25) is 0 Å². The van der Waals surface area contributed by atoms with E-state index >= 15 is 0 Å². The molecule has 2 rings (SSSR count). The molecule has 0 saturated heterocycles. The van der Waals surface area contributed by atoms with Gasteiger partial charge < -0.3 is 24.7 Å². The molecule has 1 heterocycles. The summed E-state index contributed by atoms with van der Waals surface area (Å²) in [5, 5.41) is 13.4. The number of amides is 2. The van der Waals surface area contributed by atoms with Crippen molar-refractivity contribution in [3.63, 3.8) is 0 Å². The Kier molecular flexibility index (Phi) is 5.40. The molecule has 1 aromatic heterocycles. The summed E-state index contributed by atoms with van der Waals surface area (Å²) >= 11 is 0. The molecule has 0 radical (unpaired) electrons. The van der Waals surface area contributed by atoms with Gasteiger partial charge in [-0.05, 0) is 24.6 Å². The highest BCUT2D eigenvalue weighted by atomic mass is 16.5. The number of hydrogen-bond acceptors (Lipinski definition) is 5. The second kappa shape index (κ2) is 7.48. The van der Waals surface area contributed by atoms with Gasteiger partial charge in [0.2, 0.25) is 0 Å². The van der Waals surface area contributed by atoms with E-state index in [2.05, 4.69) is 20.8 Å². The lowest BCUT2D eigenvalue weighted by Gasteiger charge is -2.14. The molecule has 0 saturated carbocycles. The molecule has 2 aromatic rings. The SMILES string of the molecule is COc1ccc(CNC(=O)N[C@H](C)c2nncn2C)cc1OC. The van der Waals surface area contributed by atoms with E-state index in [0.29, 0.717) is 23.9 Å². The number of nitrogens with zero attached hydrogens (tertiary/aromatic N) is 3. The molecule has 124 valence electrons. The Morgan fingerprint density at radius 2 is 2.04 bits per heavy atom. The molecule has 2 N–H and O–H groups in total. The van der Waals surface area contributed by atoms with Crippen LogP contribution >= 0.6 is 0 Å². The Bertz CT molecular complexity index is 671. The number of urea groups is 1. The number of ether oxygens (including phenoxy) is 2. The highest BCUT2D eigenvalue weighted by Crippen LogP contribution is 2.27. The standard InChI is InChI=1S/C15H21N5O3/c1-10(14-19-17-9-20(14)2)18-15(21)16-8-11-5-6-12(22-3)13(7-11)23-4/h5-7,9-10H,8H2,1-4H3,(H2,16,18,21)/t10-/m1/s1. The summed E-state index contributed by atoms with van der Waals surface area (Å²) in [7, 11) is 4.98. The number of rotatable bonds is 6. The molecule has 23 heavy (non-hydrogen) atoms. The minimum atomic E-state index is -0.282. The quantitative estimate of drug-likeness (QED) is 0.840. The average Bonchev–Trinajstić information content (AvgIpc) is 2.98. The zero-order chi connectivity index (χ0) is 16.8. The summed E-state index contributed by atoms with van der Waals surface area (Å²) in [6, 6.07) is 4.97. The molecule has 0 spiro atoms. The van der Waals surface area contributed by atoms with E-state index in [-0.39, 0.29) is 12.1 Å². The Morgan fingerprint density at radius 1 is 1.30 bits per heavy atom. The zero-order valence-electron chi connectivity index (χ0n) is 13.7. The van der Waals surface area contributed by atoms with Gasteiger partial charge in [-0.3, -0.25) is 0 Å². The fourth-order valence-electron chi connectivity index (χ4n) is 2.17. The van der Waals surface area contributed by atoms with Crippen LogP contribution in [0.15, 0.2) is 24.5 Å². The lowest BCUT2D eigenvalue weighted by molar-refractivity contribution is 0.237. The first-order valence-electron chi connectivity index (χ1n) is 7.14. The van der Waals surface area contributed by atoms with Crippen LogP contribution in [0.1, 0.15) is 24.4 Å². The van der Waals surface area contributed by atoms with Crippen LogP contribution in [0.25, 0.3) is 0 Å². The van der Waals surface area contributed by atoms with Crippen molar-refractivity contribution < 1.29 is 14.3 Å². The molecule has 8 heteroatoms.